The largest absolute Gasteiger partial charge is 0.438 e. The second-order valence-corrected chi connectivity index (χ2v) is 7.63. The molecule has 4 saturated carbocycles. The van der Waals surface area contributed by atoms with Crippen LogP contribution in [-0.2, 0) is 14.3 Å². The van der Waals surface area contributed by atoms with Crippen LogP contribution in [0, 0.1) is 11.3 Å². The van der Waals surface area contributed by atoms with E-state index in [1.54, 1.807) is 0 Å². The lowest BCUT2D eigenvalue weighted by Gasteiger charge is -2.63. The van der Waals surface area contributed by atoms with Crippen LogP contribution in [0.15, 0.2) is 0 Å². The topological polar surface area (TPSA) is 76.0 Å². The highest BCUT2D eigenvalue weighted by molar-refractivity contribution is 9.09. The third-order valence-corrected chi connectivity index (χ3v) is 5.40. The van der Waals surface area contributed by atoms with E-state index in [0.29, 0.717) is 31.8 Å². The monoisotopic (exact) mass is 348 g/mol. The average molecular weight is 349 g/mol. The quantitative estimate of drug-likeness (QED) is 0.339. The van der Waals surface area contributed by atoms with Crippen molar-refractivity contribution < 1.29 is 24.5 Å². The third kappa shape index (κ3) is 2.75. The summed E-state index contributed by atoms with van der Waals surface area (Å²) in [5.74, 6) is 0.0303. The molecule has 2 atom stereocenters. The van der Waals surface area contributed by atoms with Crippen LogP contribution < -0.4 is 0 Å². The van der Waals surface area contributed by atoms with Gasteiger partial charge in [0.15, 0.2) is 6.79 Å². The highest BCUT2D eigenvalue weighted by Gasteiger charge is 2.62. The maximum absolute atomic E-state index is 11.0. The first-order chi connectivity index (χ1) is 9.36. The van der Waals surface area contributed by atoms with Gasteiger partial charge in [-0.25, -0.2) is 0 Å². The van der Waals surface area contributed by atoms with E-state index in [1.807, 2.05) is 0 Å². The zero-order valence-electron chi connectivity index (χ0n) is 11.4. The minimum atomic E-state index is -0.732. The fourth-order valence-electron chi connectivity index (χ4n) is 5.10. The molecule has 4 rings (SSSR count). The molecule has 2 N–H and O–H groups in total. The van der Waals surface area contributed by atoms with Gasteiger partial charge in [0.1, 0.15) is 5.33 Å². The first kappa shape index (κ1) is 14.8. The number of rotatable bonds is 5. The van der Waals surface area contributed by atoms with Gasteiger partial charge in [-0.3, -0.25) is 4.79 Å². The second kappa shape index (κ2) is 4.93. The highest BCUT2D eigenvalue weighted by atomic mass is 79.9. The summed E-state index contributed by atoms with van der Waals surface area (Å²) in [4.78, 5) is 11.0. The summed E-state index contributed by atoms with van der Waals surface area (Å²) in [7, 11) is 0. The molecule has 0 heterocycles. The van der Waals surface area contributed by atoms with Gasteiger partial charge in [-0.2, -0.15) is 0 Å². The Labute approximate surface area is 126 Å². The summed E-state index contributed by atoms with van der Waals surface area (Å²) in [6.45, 7) is 0.372. The van der Waals surface area contributed by atoms with E-state index in [4.69, 9.17) is 9.47 Å². The van der Waals surface area contributed by atoms with Crippen molar-refractivity contribution in [2.45, 2.75) is 49.7 Å². The SMILES string of the molecule is O=C(CBr)OCOCC12CC3CC(O)(CC(O)(C3)C1)C2. The predicted octanol–water partition coefficient (Wildman–Crippen LogP) is 1.34. The van der Waals surface area contributed by atoms with Crippen LogP contribution in [0.4, 0.5) is 0 Å². The summed E-state index contributed by atoms with van der Waals surface area (Å²) in [6, 6.07) is 0. The minimum absolute atomic E-state index is 0.0618. The van der Waals surface area contributed by atoms with E-state index in [1.165, 1.54) is 0 Å². The predicted molar refractivity (Wildman–Crippen MR) is 74.2 cm³/mol. The summed E-state index contributed by atoms with van der Waals surface area (Å²) >= 11 is 3.02. The maximum atomic E-state index is 11.0. The van der Waals surface area contributed by atoms with Crippen molar-refractivity contribution >= 4 is 21.9 Å². The van der Waals surface area contributed by atoms with E-state index in [2.05, 4.69) is 15.9 Å². The average Bonchev–Trinajstić information content (AvgIpc) is 2.29. The van der Waals surface area contributed by atoms with E-state index in [0.717, 1.165) is 19.3 Å². The number of alkyl halides is 1. The zero-order valence-corrected chi connectivity index (χ0v) is 13.0. The lowest BCUT2D eigenvalue weighted by Crippen LogP contribution is -2.64. The smallest absolute Gasteiger partial charge is 0.318 e. The molecule has 4 fully saturated rings. The van der Waals surface area contributed by atoms with E-state index in [9.17, 15) is 15.0 Å². The number of ether oxygens (including phenoxy) is 2. The van der Waals surface area contributed by atoms with Crippen molar-refractivity contribution in [3.8, 4) is 0 Å². The van der Waals surface area contributed by atoms with Crippen LogP contribution in [0.25, 0.3) is 0 Å². The summed E-state index contributed by atoms with van der Waals surface area (Å²) in [5.41, 5.74) is -1.63. The molecule has 5 nitrogen and oxygen atoms in total. The summed E-state index contributed by atoms with van der Waals surface area (Å²) < 4.78 is 10.4. The van der Waals surface area contributed by atoms with Crippen LogP contribution in [0.2, 0.25) is 0 Å². The van der Waals surface area contributed by atoms with Gasteiger partial charge in [0.05, 0.1) is 17.8 Å². The lowest BCUT2D eigenvalue weighted by atomic mass is 9.46. The van der Waals surface area contributed by atoms with E-state index < -0.39 is 11.2 Å². The summed E-state index contributed by atoms with van der Waals surface area (Å²) in [6.07, 6.45) is 4.46. The van der Waals surface area contributed by atoms with Gasteiger partial charge in [0.2, 0.25) is 0 Å². The molecule has 0 spiro atoms. The van der Waals surface area contributed by atoms with Crippen LogP contribution in [0.1, 0.15) is 38.5 Å². The molecule has 20 heavy (non-hydrogen) atoms. The van der Waals surface area contributed by atoms with Crippen molar-refractivity contribution in [2.24, 2.45) is 11.3 Å². The van der Waals surface area contributed by atoms with Gasteiger partial charge < -0.3 is 19.7 Å². The highest BCUT2D eigenvalue weighted by Crippen LogP contribution is 2.63. The molecule has 4 bridgehead atoms. The van der Waals surface area contributed by atoms with Gasteiger partial charge in [-0.1, -0.05) is 15.9 Å². The molecule has 4 aliphatic rings. The van der Waals surface area contributed by atoms with Gasteiger partial charge in [0, 0.05) is 6.42 Å². The van der Waals surface area contributed by atoms with Crippen LogP contribution in [-0.4, -0.2) is 46.1 Å². The van der Waals surface area contributed by atoms with E-state index >= 15 is 0 Å². The Morgan fingerprint density at radius 1 is 1.15 bits per heavy atom. The zero-order chi connectivity index (χ0) is 14.4. The fraction of sp³-hybridized carbons (Fsp3) is 0.929. The Hall–Kier alpha value is -0.170. The molecule has 0 aromatic carbocycles. The van der Waals surface area contributed by atoms with Crippen LogP contribution in [0.3, 0.4) is 0 Å². The first-order valence-corrected chi connectivity index (χ1v) is 8.22. The first-order valence-electron chi connectivity index (χ1n) is 7.10. The molecule has 2 unspecified atom stereocenters. The molecule has 0 radical (unpaired) electrons. The van der Waals surface area contributed by atoms with Gasteiger partial charge in [0.25, 0.3) is 0 Å². The molecular weight excluding hydrogens is 328 g/mol. The molecule has 4 aliphatic carbocycles. The van der Waals surface area contributed by atoms with E-state index in [-0.39, 0.29) is 23.5 Å². The number of carbonyl (C=O) groups is 1. The van der Waals surface area contributed by atoms with Crippen molar-refractivity contribution in [2.75, 3.05) is 18.7 Å². The normalized spacial score (nSPS) is 45.6. The fourth-order valence-corrected chi connectivity index (χ4v) is 5.26. The van der Waals surface area contributed by atoms with Gasteiger partial charge >= 0.3 is 5.97 Å². The molecule has 0 aromatic rings. The van der Waals surface area contributed by atoms with Crippen LogP contribution >= 0.6 is 15.9 Å². The van der Waals surface area contributed by atoms with Crippen molar-refractivity contribution in [3.05, 3.63) is 0 Å². The molecule has 114 valence electrons. The third-order valence-electron chi connectivity index (χ3n) is 4.95. The number of halogens is 1. The van der Waals surface area contributed by atoms with Crippen molar-refractivity contribution in [3.63, 3.8) is 0 Å². The lowest BCUT2D eigenvalue weighted by molar-refractivity contribution is -0.245. The Morgan fingerprint density at radius 2 is 1.80 bits per heavy atom. The number of carbonyl (C=O) groups excluding carboxylic acids is 1. The Morgan fingerprint density at radius 3 is 2.35 bits per heavy atom. The molecule has 0 saturated heterocycles. The molecular formula is C14H21BrO5. The number of esters is 1. The molecule has 6 heteroatoms. The van der Waals surface area contributed by atoms with Gasteiger partial charge in [-0.15, -0.1) is 0 Å². The standard InChI is InChI=1S/C14H21BrO5/c15-4-11(16)20-9-19-8-12-1-10-2-13(17,5-12)7-14(18,3-10)6-12/h10,17-18H,1-9H2. The maximum Gasteiger partial charge on any atom is 0.318 e. The molecule has 0 amide bonds. The van der Waals surface area contributed by atoms with Crippen molar-refractivity contribution in [1.82, 2.24) is 0 Å². The van der Waals surface area contributed by atoms with Crippen molar-refractivity contribution in [1.29, 1.82) is 0 Å². The number of aliphatic hydroxyl groups is 2. The Balaban J connectivity index is 1.60. The number of hydrogen-bond donors (Lipinski definition) is 2. The minimum Gasteiger partial charge on any atom is -0.438 e. The summed E-state index contributed by atoms with van der Waals surface area (Å²) in [5, 5.41) is 21.4. The second-order valence-electron chi connectivity index (χ2n) is 7.07. The number of hydrogen-bond acceptors (Lipinski definition) is 5. The van der Waals surface area contributed by atoms with Gasteiger partial charge in [-0.05, 0) is 43.4 Å². The van der Waals surface area contributed by atoms with Crippen LogP contribution in [0.5, 0.6) is 0 Å². The Kier molecular flexibility index (Phi) is 3.64. The Bertz CT molecular complexity index is 394. The molecule has 0 aromatic heterocycles. The molecule has 0 aliphatic heterocycles.